The highest BCUT2D eigenvalue weighted by molar-refractivity contribution is 6.07. The van der Waals surface area contributed by atoms with Crippen LogP contribution in [-0.2, 0) is 11.2 Å². The second-order valence-electron chi connectivity index (χ2n) is 5.76. The maximum atomic E-state index is 12.8. The smallest absolute Gasteiger partial charge is 0.337 e. The minimum atomic E-state index is -0.400. The number of anilines is 1. The van der Waals surface area contributed by atoms with E-state index in [4.69, 9.17) is 0 Å². The molecule has 118 valence electrons. The Morgan fingerprint density at radius 3 is 2.43 bits per heavy atom. The monoisotopic (exact) mass is 309 g/mol. The summed E-state index contributed by atoms with van der Waals surface area (Å²) in [6, 6.07) is 12.8. The molecule has 2 aromatic rings. The number of rotatable bonds is 2. The highest BCUT2D eigenvalue weighted by atomic mass is 16.5. The number of esters is 1. The molecule has 0 spiro atoms. The van der Waals surface area contributed by atoms with Gasteiger partial charge in [-0.3, -0.25) is 4.79 Å². The lowest BCUT2D eigenvalue weighted by atomic mass is 9.98. The van der Waals surface area contributed by atoms with Crippen LogP contribution >= 0.6 is 0 Å². The van der Waals surface area contributed by atoms with Crippen molar-refractivity contribution in [3.63, 3.8) is 0 Å². The van der Waals surface area contributed by atoms with Gasteiger partial charge in [0.25, 0.3) is 5.91 Å². The molecule has 3 rings (SSSR count). The van der Waals surface area contributed by atoms with Crippen LogP contribution in [0.3, 0.4) is 0 Å². The van der Waals surface area contributed by atoms with Crippen molar-refractivity contribution in [1.29, 1.82) is 0 Å². The number of benzene rings is 2. The fraction of sp³-hybridized carbons (Fsp3) is 0.263. The molecule has 0 saturated carbocycles. The van der Waals surface area contributed by atoms with Crippen LogP contribution in [0.1, 0.15) is 38.3 Å². The molecule has 0 bridgehead atoms. The zero-order chi connectivity index (χ0) is 16.4. The van der Waals surface area contributed by atoms with Crippen LogP contribution in [0.15, 0.2) is 42.5 Å². The van der Waals surface area contributed by atoms with Crippen molar-refractivity contribution < 1.29 is 14.3 Å². The highest BCUT2D eigenvalue weighted by Crippen LogP contribution is 2.29. The van der Waals surface area contributed by atoms with Crippen molar-refractivity contribution in [3.8, 4) is 0 Å². The van der Waals surface area contributed by atoms with E-state index in [0.29, 0.717) is 17.7 Å². The molecular formula is C19H19NO3. The Kier molecular flexibility index (Phi) is 4.15. The SMILES string of the molecule is COC(=O)c1ccc(C(=O)N2CCCc3cc(C)ccc32)cc1. The maximum absolute atomic E-state index is 12.8. The Morgan fingerprint density at radius 1 is 1.04 bits per heavy atom. The third kappa shape index (κ3) is 2.97. The third-order valence-corrected chi connectivity index (χ3v) is 4.15. The summed E-state index contributed by atoms with van der Waals surface area (Å²) in [6.07, 6.45) is 1.96. The van der Waals surface area contributed by atoms with E-state index in [2.05, 4.69) is 17.7 Å². The highest BCUT2D eigenvalue weighted by Gasteiger charge is 2.23. The van der Waals surface area contributed by atoms with Crippen LogP contribution in [0.4, 0.5) is 5.69 Å². The Labute approximate surface area is 135 Å². The summed E-state index contributed by atoms with van der Waals surface area (Å²) in [4.78, 5) is 26.1. The van der Waals surface area contributed by atoms with Crippen molar-refractivity contribution in [2.45, 2.75) is 19.8 Å². The van der Waals surface area contributed by atoms with Gasteiger partial charge in [-0.25, -0.2) is 4.79 Å². The Balaban J connectivity index is 1.88. The molecule has 0 N–H and O–H groups in total. The molecular weight excluding hydrogens is 290 g/mol. The van der Waals surface area contributed by atoms with Crippen LogP contribution in [0.5, 0.6) is 0 Å². The number of aryl methyl sites for hydroxylation is 2. The van der Waals surface area contributed by atoms with Gasteiger partial charge in [-0.1, -0.05) is 17.7 Å². The van der Waals surface area contributed by atoms with Crippen molar-refractivity contribution in [1.82, 2.24) is 0 Å². The minimum Gasteiger partial charge on any atom is -0.465 e. The standard InChI is InChI=1S/C19H19NO3/c1-13-5-10-17-16(12-13)4-3-11-20(17)18(21)14-6-8-15(9-7-14)19(22)23-2/h5-10,12H,3-4,11H2,1-2H3. The summed E-state index contributed by atoms with van der Waals surface area (Å²) in [5, 5.41) is 0. The lowest BCUT2D eigenvalue weighted by Crippen LogP contribution is -2.35. The van der Waals surface area contributed by atoms with Gasteiger partial charge >= 0.3 is 5.97 Å². The second kappa shape index (κ2) is 6.24. The zero-order valence-corrected chi connectivity index (χ0v) is 13.3. The van der Waals surface area contributed by atoms with E-state index in [-0.39, 0.29) is 5.91 Å². The molecule has 4 nitrogen and oxygen atoms in total. The molecule has 0 unspecified atom stereocenters. The van der Waals surface area contributed by atoms with E-state index in [1.165, 1.54) is 18.2 Å². The third-order valence-electron chi connectivity index (χ3n) is 4.15. The molecule has 4 heteroatoms. The summed E-state index contributed by atoms with van der Waals surface area (Å²) in [5.41, 5.74) is 4.44. The first kappa shape index (κ1) is 15.3. The zero-order valence-electron chi connectivity index (χ0n) is 13.3. The van der Waals surface area contributed by atoms with Gasteiger partial charge in [0.1, 0.15) is 0 Å². The van der Waals surface area contributed by atoms with Crippen molar-refractivity contribution in [2.75, 3.05) is 18.6 Å². The molecule has 1 amide bonds. The lowest BCUT2D eigenvalue weighted by molar-refractivity contribution is 0.0600. The number of ether oxygens (including phenoxy) is 1. The van der Waals surface area contributed by atoms with E-state index >= 15 is 0 Å². The second-order valence-corrected chi connectivity index (χ2v) is 5.76. The molecule has 0 atom stereocenters. The number of hydrogen-bond acceptors (Lipinski definition) is 3. The summed E-state index contributed by atoms with van der Waals surface area (Å²) in [5.74, 6) is -0.436. The number of amides is 1. The van der Waals surface area contributed by atoms with Gasteiger partial charge in [0, 0.05) is 17.8 Å². The van der Waals surface area contributed by atoms with E-state index in [9.17, 15) is 9.59 Å². The normalized spacial score (nSPS) is 13.4. The number of hydrogen-bond donors (Lipinski definition) is 0. The largest absolute Gasteiger partial charge is 0.465 e. The summed E-state index contributed by atoms with van der Waals surface area (Å²) in [7, 11) is 1.34. The quantitative estimate of drug-likeness (QED) is 0.799. The fourth-order valence-electron chi connectivity index (χ4n) is 2.96. The van der Waals surface area contributed by atoms with Gasteiger partial charge in [-0.2, -0.15) is 0 Å². The average Bonchev–Trinajstić information content (AvgIpc) is 2.59. The van der Waals surface area contributed by atoms with Crippen molar-refractivity contribution in [2.24, 2.45) is 0 Å². The predicted octanol–water partition coefficient (Wildman–Crippen LogP) is 3.37. The van der Waals surface area contributed by atoms with Crippen LogP contribution in [0.25, 0.3) is 0 Å². The lowest BCUT2D eigenvalue weighted by Gasteiger charge is -2.30. The van der Waals surface area contributed by atoms with Crippen LogP contribution in [-0.4, -0.2) is 25.5 Å². The number of fused-ring (bicyclic) bond motifs is 1. The summed E-state index contributed by atoms with van der Waals surface area (Å²) < 4.78 is 4.68. The molecule has 23 heavy (non-hydrogen) atoms. The van der Waals surface area contributed by atoms with E-state index < -0.39 is 5.97 Å². The van der Waals surface area contributed by atoms with Crippen LogP contribution < -0.4 is 4.90 Å². The molecule has 1 aliphatic rings. The molecule has 1 heterocycles. The predicted molar refractivity (Wildman–Crippen MR) is 89.0 cm³/mol. The van der Waals surface area contributed by atoms with Gasteiger partial charge in [0.15, 0.2) is 0 Å². The first-order valence-electron chi connectivity index (χ1n) is 7.70. The van der Waals surface area contributed by atoms with Crippen LogP contribution in [0.2, 0.25) is 0 Å². The molecule has 1 aliphatic heterocycles. The first-order chi connectivity index (χ1) is 11.1. The Morgan fingerprint density at radius 2 is 1.74 bits per heavy atom. The van der Waals surface area contributed by atoms with Gasteiger partial charge in [-0.15, -0.1) is 0 Å². The van der Waals surface area contributed by atoms with Crippen molar-refractivity contribution >= 4 is 17.6 Å². The van der Waals surface area contributed by atoms with Crippen molar-refractivity contribution in [3.05, 3.63) is 64.7 Å². The number of carbonyl (C=O) groups is 2. The molecule has 0 saturated heterocycles. The summed E-state index contributed by atoms with van der Waals surface area (Å²) >= 11 is 0. The van der Waals surface area contributed by atoms with E-state index in [0.717, 1.165) is 18.5 Å². The van der Waals surface area contributed by atoms with E-state index in [1.807, 2.05) is 17.0 Å². The van der Waals surface area contributed by atoms with Gasteiger partial charge in [0.2, 0.25) is 0 Å². The number of methoxy groups -OCH3 is 1. The number of nitrogens with zero attached hydrogens (tertiary/aromatic N) is 1. The summed E-state index contributed by atoms with van der Waals surface area (Å²) in [6.45, 7) is 2.78. The topological polar surface area (TPSA) is 46.6 Å². The Hall–Kier alpha value is -2.62. The van der Waals surface area contributed by atoms with Gasteiger partial charge in [-0.05, 0) is 55.7 Å². The van der Waals surface area contributed by atoms with Crippen LogP contribution in [0, 0.1) is 6.92 Å². The van der Waals surface area contributed by atoms with Gasteiger partial charge in [0.05, 0.1) is 12.7 Å². The molecule has 0 aliphatic carbocycles. The maximum Gasteiger partial charge on any atom is 0.337 e. The number of carbonyl (C=O) groups excluding carboxylic acids is 2. The Bertz CT molecular complexity index is 750. The fourth-order valence-corrected chi connectivity index (χ4v) is 2.96. The first-order valence-corrected chi connectivity index (χ1v) is 7.70. The molecule has 0 radical (unpaired) electrons. The van der Waals surface area contributed by atoms with Gasteiger partial charge < -0.3 is 9.64 Å². The van der Waals surface area contributed by atoms with E-state index in [1.54, 1.807) is 24.3 Å². The molecule has 2 aromatic carbocycles. The molecule has 0 fully saturated rings. The average molecular weight is 309 g/mol. The minimum absolute atomic E-state index is 0.0359. The molecule has 0 aromatic heterocycles.